The normalized spacial score (nSPS) is 14.4. The van der Waals surface area contributed by atoms with Crippen molar-refractivity contribution < 1.29 is 18.6 Å². The molecule has 0 unspecified atom stereocenters. The number of methoxy groups -OCH3 is 1. The van der Waals surface area contributed by atoms with Crippen LogP contribution in [-0.4, -0.2) is 46.2 Å². The number of hydrogen-bond donors (Lipinski definition) is 1. The first-order valence-electron chi connectivity index (χ1n) is 9.44. The third-order valence-corrected chi connectivity index (χ3v) is 4.68. The molecule has 4 rings (SSSR count). The van der Waals surface area contributed by atoms with E-state index in [-0.39, 0.29) is 17.9 Å². The number of aromatic nitrogens is 4. The number of nitrogens with zero attached hydrogens (tertiary/aromatic N) is 5. The van der Waals surface area contributed by atoms with Gasteiger partial charge in [0.1, 0.15) is 29.7 Å². The molecule has 156 valence electrons. The molecule has 1 aliphatic heterocycles. The van der Waals surface area contributed by atoms with Gasteiger partial charge in [0.15, 0.2) is 11.6 Å². The van der Waals surface area contributed by atoms with E-state index >= 15 is 0 Å². The van der Waals surface area contributed by atoms with Gasteiger partial charge in [0.25, 0.3) is 0 Å². The molecule has 1 fully saturated rings. The van der Waals surface area contributed by atoms with Crippen molar-refractivity contribution in [3.05, 3.63) is 48.7 Å². The van der Waals surface area contributed by atoms with Gasteiger partial charge in [-0.05, 0) is 12.1 Å². The fourth-order valence-electron chi connectivity index (χ4n) is 3.12. The van der Waals surface area contributed by atoms with Crippen molar-refractivity contribution >= 4 is 11.6 Å². The van der Waals surface area contributed by atoms with E-state index in [0.29, 0.717) is 17.4 Å². The molecule has 0 atom stereocenters. The quantitative estimate of drug-likeness (QED) is 0.654. The van der Waals surface area contributed by atoms with Crippen molar-refractivity contribution in [1.29, 1.82) is 0 Å². The van der Waals surface area contributed by atoms with Gasteiger partial charge < -0.3 is 24.8 Å². The Morgan fingerprint density at radius 2 is 1.90 bits per heavy atom. The second kappa shape index (κ2) is 8.76. The monoisotopic (exact) mass is 412 g/mol. The molecule has 30 heavy (non-hydrogen) atoms. The number of piperidine rings is 1. The van der Waals surface area contributed by atoms with Crippen LogP contribution in [0.5, 0.6) is 23.4 Å². The van der Waals surface area contributed by atoms with Crippen LogP contribution >= 0.6 is 0 Å². The van der Waals surface area contributed by atoms with Crippen molar-refractivity contribution in [2.24, 2.45) is 0 Å². The van der Waals surface area contributed by atoms with Gasteiger partial charge in [-0.15, -0.1) is 0 Å². The van der Waals surface area contributed by atoms with E-state index in [0.717, 1.165) is 37.9 Å². The summed E-state index contributed by atoms with van der Waals surface area (Å²) < 4.78 is 30.0. The Kier molecular flexibility index (Phi) is 5.73. The van der Waals surface area contributed by atoms with Gasteiger partial charge in [-0.2, -0.15) is 4.98 Å². The third-order valence-electron chi connectivity index (χ3n) is 4.68. The zero-order valence-electron chi connectivity index (χ0n) is 16.4. The van der Waals surface area contributed by atoms with Gasteiger partial charge >= 0.3 is 6.01 Å². The van der Waals surface area contributed by atoms with Crippen LogP contribution in [0, 0.1) is 5.82 Å². The Labute approximate surface area is 172 Å². The molecule has 1 saturated heterocycles. The van der Waals surface area contributed by atoms with Crippen molar-refractivity contribution in [1.82, 2.24) is 19.9 Å². The summed E-state index contributed by atoms with van der Waals surface area (Å²) in [5, 5.41) is 0. The summed E-state index contributed by atoms with van der Waals surface area (Å²) in [7, 11) is 1.60. The molecule has 2 N–H and O–H groups in total. The molecule has 9 nitrogen and oxygen atoms in total. The number of nitrogen functional groups attached to an aromatic ring is 1. The van der Waals surface area contributed by atoms with E-state index < -0.39 is 5.82 Å². The summed E-state index contributed by atoms with van der Waals surface area (Å²) in [5.41, 5.74) is 5.46. The minimum Gasteiger partial charge on any atom is -0.497 e. The average molecular weight is 412 g/mol. The SMILES string of the molecule is COc1cccc(Oc2cc(N3CCC(Oc4ncc(F)c(N)n4)CC3)ncn2)c1. The number of halogens is 1. The molecule has 0 radical (unpaired) electrons. The first-order chi connectivity index (χ1) is 14.6. The van der Waals surface area contributed by atoms with E-state index in [1.165, 1.54) is 6.33 Å². The van der Waals surface area contributed by atoms with Crippen LogP contribution in [0.15, 0.2) is 42.9 Å². The molecule has 0 amide bonds. The molecule has 0 saturated carbocycles. The van der Waals surface area contributed by atoms with Crippen LogP contribution in [0.1, 0.15) is 12.8 Å². The molecule has 2 aromatic heterocycles. The van der Waals surface area contributed by atoms with E-state index in [9.17, 15) is 4.39 Å². The number of anilines is 2. The van der Waals surface area contributed by atoms with Gasteiger partial charge in [0.05, 0.1) is 13.3 Å². The molecule has 3 heterocycles. The second-order valence-electron chi connectivity index (χ2n) is 6.69. The van der Waals surface area contributed by atoms with E-state index in [2.05, 4.69) is 24.8 Å². The summed E-state index contributed by atoms with van der Waals surface area (Å²) in [6, 6.07) is 9.19. The molecule has 1 aromatic carbocycles. The maximum absolute atomic E-state index is 13.2. The van der Waals surface area contributed by atoms with E-state index in [1.54, 1.807) is 19.2 Å². The van der Waals surface area contributed by atoms with Crippen LogP contribution in [0.4, 0.5) is 16.0 Å². The molecule has 1 aliphatic rings. The summed E-state index contributed by atoms with van der Waals surface area (Å²) in [6.07, 6.45) is 3.87. The summed E-state index contributed by atoms with van der Waals surface area (Å²) in [6.45, 7) is 1.44. The highest BCUT2D eigenvalue weighted by molar-refractivity contribution is 5.43. The molecule has 0 aliphatic carbocycles. The summed E-state index contributed by atoms with van der Waals surface area (Å²) in [4.78, 5) is 18.3. The van der Waals surface area contributed by atoms with E-state index in [1.807, 2.05) is 18.2 Å². The van der Waals surface area contributed by atoms with Gasteiger partial charge in [-0.1, -0.05) is 6.07 Å². The number of ether oxygens (including phenoxy) is 3. The number of benzene rings is 1. The Hall–Kier alpha value is -3.69. The zero-order valence-corrected chi connectivity index (χ0v) is 16.4. The fourth-order valence-corrected chi connectivity index (χ4v) is 3.12. The van der Waals surface area contributed by atoms with Crippen molar-refractivity contribution in [3.63, 3.8) is 0 Å². The smallest absolute Gasteiger partial charge is 0.318 e. The zero-order chi connectivity index (χ0) is 20.9. The van der Waals surface area contributed by atoms with Gasteiger partial charge in [-0.25, -0.2) is 19.3 Å². The second-order valence-corrected chi connectivity index (χ2v) is 6.69. The van der Waals surface area contributed by atoms with Gasteiger partial charge in [0.2, 0.25) is 5.88 Å². The first-order valence-corrected chi connectivity index (χ1v) is 9.44. The minimum absolute atomic E-state index is 0.0829. The minimum atomic E-state index is -0.659. The maximum Gasteiger partial charge on any atom is 0.318 e. The standard InChI is InChI=1S/C20H21FN6O3/c1-28-14-3-2-4-15(9-14)29-18-10-17(24-12-25-18)27-7-5-13(6-8-27)30-20-23-11-16(21)19(22)26-20/h2-4,9-13H,5-8H2,1H3,(H2,22,23,26). The molecule has 0 bridgehead atoms. The summed E-state index contributed by atoms with van der Waals surface area (Å²) >= 11 is 0. The largest absolute Gasteiger partial charge is 0.497 e. The highest BCUT2D eigenvalue weighted by atomic mass is 19.1. The lowest BCUT2D eigenvalue weighted by Crippen LogP contribution is -2.39. The van der Waals surface area contributed by atoms with Crippen LogP contribution in [0.3, 0.4) is 0 Å². The highest BCUT2D eigenvalue weighted by Crippen LogP contribution is 2.27. The Bertz CT molecular complexity index is 1010. The van der Waals surface area contributed by atoms with Crippen LogP contribution in [0.25, 0.3) is 0 Å². The van der Waals surface area contributed by atoms with Gasteiger partial charge in [-0.3, -0.25) is 0 Å². The van der Waals surface area contributed by atoms with Crippen molar-refractivity contribution in [2.75, 3.05) is 30.8 Å². The average Bonchev–Trinajstić information content (AvgIpc) is 2.77. The van der Waals surface area contributed by atoms with Crippen molar-refractivity contribution in [2.45, 2.75) is 18.9 Å². The number of rotatable bonds is 6. The van der Waals surface area contributed by atoms with Crippen molar-refractivity contribution in [3.8, 4) is 23.4 Å². The lowest BCUT2D eigenvalue weighted by atomic mass is 10.1. The van der Waals surface area contributed by atoms with Crippen LogP contribution < -0.4 is 24.8 Å². The summed E-state index contributed by atoms with van der Waals surface area (Å²) in [5.74, 6) is 1.67. The Morgan fingerprint density at radius 1 is 1.10 bits per heavy atom. The third kappa shape index (κ3) is 4.65. The predicted molar refractivity (Wildman–Crippen MR) is 107 cm³/mol. The molecule has 0 spiro atoms. The topological polar surface area (TPSA) is 109 Å². The number of nitrogens with two attached hydrogens (primary N) is 1. The molecule has 10 heteroatoms. The molecular formula is C20H21FN6O3. The lowest BCUT2D eigenvalue weighted by Gasteiger charge is -2.32. The van der Waals surface area contributed by atoms with Crippen LogP contribution in [0.2, 0.25) is 0 Å². The lowest BCUT2D eigenvalue weighted by molar-refractivity contribution is 0.156. The number of hydrogen-bond acceptors (Lipinski definition) is 9. The molecule has 3 aromatic rings. The van der Waals surface area contributed by atoms with Gasteiger partial charge in [0, 0.05) is 38.1 Å². The Balaban J connectivity index is 1.36. The van der Waals surface area contributed by atoms with Crippen LogP contribution in [-0.2, 0) is 0 Å². The Morgan fingerprint density at radius 3 is 2.67 bits per heavy atom. The predicted octanol–water partition coefficient (Wildman–Crippen LogP) is 2.84. The highest BCUT2D eigenvalue weighted by Gasteiger charge is 2.23. The molecular weight excluding hydrogens is 391 g/mol. The fraction of sp³-hybridized carbons (Fsp3) is 0.300. The maximum atomic E-state index is 13.2. The first kappa shape index (κ1) is 19.6. The van der Waals surface area contributed by atoms with E-state index in [4.69, 9.17) is 19.9 Å².